The Kier molecular flexibility index (Phi) is 11.9. The molecule has 1 aromatic rings. The third-order valence-electron chi connectivity index (χ3n) is 2.49. The molecule has 1 unspecified atom stereocenters. The van der Waals surface area contributed by atoms with Gasteiger partial charge in [-0.05, 0) is 18.2 Å². The zero-order chi connectivity index (χ0) is 14.5. The molecule has 1 aromatic carbocycles. The zero-order valence-electron chi connectivity index (χ0n) is 12.2. The van der Waals surface area contributed by atoms with Gasteiger partial charge in [0.1, 0.15) is 5.75 Å². The Morgan fingerprint density at radius 2 is 1.95 bits per heavy atom. The van der Waals surface area contributed by atoms with Gasteiger partial charge in [0.2, 0.25) is 0 Å². The standard InChI is InChI=1S/C13H21NO2S.C2H6/c1-2-3-8-17-13(10-15)14-9-11-6-4-5-7-12(11)16;1-2/h4-7,13-16H,2-3,8-10H2,1H3;1-2H3. The van der Waals surface area contributed by atoms with Crippen LogP contribution in [0.3, 0.4) is 0 Å². The Hall–Kier alpha value is -0.710. The van der Waals surface area contributed by atoms with E-state index in [4.69, 9.17) is 0 Å². The van der Waals surface area contributed by atoms with Crippen LogP contribution in [0.2, 0.25) is 0 Å². The van der Waals surface area contributed by atoms with Crippen LogP contribution in [0, 0.1) is 0 Å². The molecule has 19 heavy (non-hydrogen) atoms. The van der Waals surface area contributed by atoms with Gasteiger partial charge in [-0.15, -0.1) is 11.8 Å². The number of phenolic OH excluding ortho intramolecular Hbond substituents is 1. The number of benzene rings is 1. The summed E-state index contributed by atoms with van der Waals surface area (Å²) in [6.07, 6.45) is 2.34. The second-order valence-electron chi connectivity index (χ2n) is 3.91. The number of thioether (sulfide) groups is 1. The lowest BCUT2D eigenvalue weighted by molar-refractivity contribution is 0.279. The number of para-hydroxylation sites is 1. The average Bonchev–Trinajstić information content (AvgIpc) is 2.46. The van der Waals surface area contributed by atoms with E-state index >= 15 is 0 Å². The number of aromatic hydroxyl groups is 1. The van der Waals surface area contributed by atoms with Crippen LogP contribution in [-0.4, -0.2) is 27.9 Å². The molecule has 4 heteroatoms. The van der Waals surface area contributed by atoms with Crippen LogP contribution < -0.4 is 5.32 Å². The predicted octanol–water partition coefficient (Wildman–Crippen LogP) is 3.36. The summed E-state index contributed by atoms with van der Waals surface area (Å²) < 4.78 is 0. The van der Waals surface area contributed by atoms with Crippen molar-refractivity contribution < 1.29 is 10.2 Å². The first-order valence-corrected chi connectivity index (χ1v) is 8.05. The minimum absolute atomic E-state index is 0.0427. The first-order chi connectivity index (χ1) is 9.27. The molecule has 0 amide bonds. The highest BCUT2D eigenvalue weighted by molar-refractivity contribution is 7.99. The summed E-state index contributed by atoms with van der Waals surface area (Å²) >= 11 is 1.73. The van der Waals surface area contributed by atoms with E-state index in [2.05, 4.69) is 12.2 Å². The number of rotatable bonds is 8. The van der Waals surface area contributed by atoms with Gasteiger partial charge < -0.3 is 10.2 Å². The lowest BCUT2D eigenvalue weighted by atomic mass is 10.2. The van der Waals surface area contributed by atoms with Crippen LogP contribution in [0.15, 0.2) is 24.3 Å². The van der Waals surface area contributed by atoms with Crippen molar-refractivity contribution in [3.05, 3.63) is 29.8 Å². The van der Waals surface area contributed by atoms with E-state index in [-0.39, 0.29) is 12.0 Å². The van der Waals surface area contributed by atoms with Crippen molar-refractivity contribution in [2.75, 3.05) is 12.4 Å². The van der Waals surface area contributed by atoms with Gasteiger partial charge in [0, 0.05) is 12.1 Å². The number of hydrogen-bond donors (Lipinski definition) is 3. The summed E-state index contributed by atoms with van der Waals surface area (Å²) in [7, 11) is 0. The summed E-state index contributed by atoms with van der Waals surface area (Å²) in [6, 6.07) is 7.26. The van der Waals surface area contributed by atoms with Gasteiger partial charge in [0.05, 0.1) is 12.0 Å². The van der Waals surface area contributed by atoms with E-state index in [1.807, 2.05) is 26.0 Å². The molecule has 0 aliphatic carbocycles. The molecule has 3 N–H and O–H groups in total. The fourth-order valence-corrected chi connectivity index (χ4v) is 2.48. The van der Waals surface area contributed by atoms with Crippen molar-refractivity contribution in [2.24, 2.45) is 0 Å². The van der Waals surface area contributed by atoms with E-state index in [9.17, 15) is 10.2 Å². The molecular weight excluding hydrogens is 258 g/mol. The van der Waals surface area contributed by atoms with Crippen molar-refractivity contribution >= 4 is 11.8 Å². The summed E-state index contributed by atoms with van der Waals surface area (Å²) in [5.74, 6) is 1.35. The molecule has 0 spiro atoms. The highest BCUT2D eigenvalue weighted by atomic mass is 32.2. The fourth-order valence-electron chi connectivity index (χ4n) is 1.43. The van der Waals surface area contributed by atoms with Crippen molar-refractivity contribution in [3.8, 4) is 5.75 Å². The molecule has 0 heterocycles. The van der Waals surface area contributed by atoms with E-state index < -0.39 is 0 Å². The van der Waals surface area contributed by atoms with Crippen molar-refractivity contribution in [1.82, 2.24) is 5.32 Å². The largest absolute Gasteiger partial charge is 0.508 e. The van der Waals surface area contributed by atoms with Gasteiger partial charge in [-0.25, -0.2) is 0 Å². The zero-order valence-corrected chi connectivity index (χ0v) is 13.0. The van der Waals surface area contributed by atoms with Gasteiger partial charge in [0.25, 0.3) is 0 Å². The third-order valence-corrected chi connectivity index (χ3v) is 3.74. The smallest absolute Gasteiger partial charge is 0.120 e. The maximum Gasteiger partial charge on any atom is 0.120 e. The monoisotopic (exact) mass is 285 g/mol. The number of unbranched alkanes of at least 4 members (excludes halogenated alkanes) is 1. The molecule has 0 radical (unpaired) electrons. The fraction of sp³-hybridized carbons (Fsp3) is 0.600. The molecule has 0 saturated heterocycles. The first-order valence-electron chi connectivity index (χ1n) is 7.00. The van der Waals surface area contributed by atoms with E-state index in [1.165, 1.54) is 12.8 Å². The topological polar surface area (TPSA) is 52.5 Å². The van der Waals surface area contributed by atoms with Crippen LogP contribution in [0.25, 0.3) is 0 Å². The third kappa shape index (κ3) is 8.14. The van der Waals surface area contributed by atoms with Crippen molar-refractivity contribution in [1.29, 1.82) is 0 Å². The Balaban J connectivity index is 0.00000154. The molecule has 0 bridgehead atoms. The Morgan fingerprint density at radius 3 is 2.53 bits per heavy atom. The number of aliphatic hydroxyl groups is 1. The minimum Gasteiger partial charge on any atom is -0.508 e. The maximum atomic E-state index is 9.60. The number of phenols is 1. The molecule has 0 saturated carbocycles. The molecule has 1 rings (SSSR count). The Morgan fingerprint density at radius 1 is 1.26 bits per heavy atom. The van der Waals surface area contributed by atoms with Crippen molar-refractivity contribution in [2.45, 2.75) is 45.5 Å². The molecule has 0 aliphatic rings. The molecule has 0 fully saturated rings. The average molecular weight is 285 g/mol. The SMILES string of the molecule is CC.CCCCSC(CO)NCc1ccccc1O. The summed E-state index contributed by atoms with van der Waals surface area (Å²) in [4.78, 5) is 0. The second-order valence-corrected chi connectivity index (χ2v) is 5.22. The van der Waals surface area contributed by atoms with Crippen LogP contribution in [0.4, 0.5) is 0 Å². The molecular formula is C15H27NO2S. The highest BCUT2D eigenvalue weighted by Gasteiger charge is 2.07. The van der Waals surface area contributed by atoms with Crippen LogP contribution in [-0.2, 0) is 6.54 Å². The molecule has 1 atom stereocenters. The van der Waals surface area contributed by atoms with Crippen LogP contribution in [0.1, 0.15) is 39.2 Å². The van der Waals surface area contributed by atoms with E-state index in [0.29, 0.717) is 12.3 Å². The number of hydrogen-bond acceptors (Lipinski definition) is 4. The molecule has 0 aromatic heterocycles. The van der Waals surface area contributed by atoms with E-state index in [1.54, 1.807) is 23.9 Å². The normalized spacial score (nSPS) is 11.6. The number of aliphatic hydroxyl groups excluding tert-OH is 1. The van der Waals surface area contributed by atoms with E-state index in [0.717, 1.165) is 11.3 Å². The van der Waals surface area contributed by atoms with Gasteiger partial charge in [0.15, 0.2) is 0 Å². The first kappa shape index (κ1) is 18.3. The highest BCUT2D eigenvalue weighted by Crippen LogP contribution is 2.17. The Bertz CT molecular complexity index is 321. The predicted molar refractivity (Wildman–Crippen MR) is 84.5 cm³/mol. The van der Waals surface area contributed by atoms with Gasteiger partial charge in [-0.2, -0.15) is 0 Å². The van der Waals surface area contributed by atoms with Crippen LogP contribution in [0.5, 0.6) is 5.75 Å². The maximum absolute atomic E-state index is 9.60. The van der Waals surface area contributed by atoms with Crippen LogP contribution >= 0.6 is 11.8 Å². The quantitative estimate of drug-likeness (QED) is 0.506. The second kappa shape index (κ2) is 12.3. The summed E-state index contributed by atoms with van der Waals surface area (Å²) in [5.41, 5.74) is 0.863. The van der Waals surface area contributed by atoms with Crippen molar-refractivity contribution in [3.63, 3.8) is 0 Å². The lowest BCUT2D eigenvalue weighted by Gasteiger charge is -2.16. The molecule has 3 nitrogen and oxygen atoms in total. The number of nitrogens with one attached hydrogen (secondary N) is 1. The van der Waals surface area contributed by atoms with Gasteiger partial charge >= 0.3 is 0 Å². The summed E-state index contributed by atoms with van der Waals surface area (Å²) in [6.45, 7) is 6.85. The molecule has 0 aliphatic heterocycles. The van der Waals surface area contributed by atoms with Gasteiger partial charge in [-0.3, -0.25) is 5.32 Å². The lowest BCUT2D eigenvalue weighted by Crippen LogP contribution is -2.29. The van der Waals surface area contributed by atoms with Gasteiger partial charge in [-0.1, -0.05) is 45.4 Å². The molecule has 110 valence electrons. The Labute approximate surface area is 121 Å². The minimum atomic E-state index is 0.0427. The summed E-state index contributed by atoms with van der Waals surface area (Å²) in [5, 5.41) is 22.1.